The van der Waals surface area contributed by atoms with E-state index in [0.29, 0.717) is 0 Å². The predicted octanol–water partition coefficient (Wildman–Crippen LogP) is 4.40. The highest BCUT2D eigenvalue weighted by Crippen LogP contribution is 2.24. The van der Waals surface area contributed by atoms with Crippen LogP contribution in [0.3, 0.4) is 0 Å². The van der Waals surface area contributed by atoms with Gasteiger partial charge in [-0.3, -0.25) is 4.90 Å². The smallest absolute Gasteiger partial charge is 0.0243 e. The molecule has 0 N–H and O–H groups in total. The molecule has 1 heterocycles. The molecule has 0 unspecified atom stereocenters. The molecule has 0 spiro atoms. The van der Waals surface area contributed by atoms with Crippen LogP contribution in [0.15, 0.2) is 66.7 Å². The van der Waals surface area contributed by atoms with Crippen LogP contribution < -0.4 is 0 Å². The summed E-state index contributed by atoms with van der Waals surface area (Å²) in [6.07, 6.45) is 1.17. The first-order chi connectivity index (χ1) is 10.4. The number of hydrogen-bond donors (Lipinski definition) is 0. The van der Waals surface area contributed by atoms with Crippen molar-refractivity contribution in [1.29, 1.82) is 0 Å². The first kappa shape index (κ1) is 12.6. The lowest BCUT2D eigenvalue weighted by Gasteiger charge is -2.29. The first-order valence-electron chi connectivity index (χ1n) is 7.66. The van der Waals surface area contributed by atoms with Crippen LogP contribution in [0.5, 0.6) is 0 Å². The summed E-state index contributed by atoms with van der Waals surface area (Å²) in [5.74, 6) is 0. The third-order valence-electron chi connectivity index (χ3n) is 4.48. The topological polar surface area (TPSA) is 3.24 Å². The van der Waals surface area contributed by atoms with E-state index in [-0.39, 0.29) is 0 Å². The summed E-state index contributed by atoms with van der Waals surface area (Å²) in [7, 11) is 0. The van der Waals surface area contributed by atoms with Gasteiger partial charge < -0.3 is 0 Å². The minimum Gasteiger partial charge on any atom is -0.294 e. The lowest BCUT2D eigenvalue weighted by Crippen LogP contribution is -2.30. The highest BCUT2D eigenvalue weighted by Gasteiger charge is 2.16. The molecular weight excluding hydrogens is 254 g/mol. The van der Waals surface area contributed by atoms with Crippen molar-refractivity contribution in [2.45, 2.75) is 19.5 Å². The molecule has 104 valence electrons. The van der Waals surface area contributed by atoms with Gasteiger partial charge in [0.05, 0.1) is 0 Å². The molecule has 1 aliphatic heterocycles. The fourth-order valence-corrected chi connectivity index (χ4v) is 3.36. The SMILES string of the molecule is c1ccc2c(c1)CCN(Cc1cccc3ccccc13)C2. The molecule has 3 aromatic carbocycles. The van der Waals surface area contributed by atoms with Gasteiger partial charge in [0, 0.05) is 19.6 Å². The lowest BCUT2D eigenvalue weighted by molar-refractivity contribution is 0.246. The van der Waals surface area contributed by atoms with E-state index in [0.717, 1.165) is 19.6 Å². The van der Waals surface area contributed by atoms with Crippen LogP contribution in [-0.4, -0.2) is 11.4 Å². The second-order valence-corrected chi connectivity index (χ2v) is 5.87. The molecule has 0 bridgehead atoms. The van der Waals surface area contributed by atoms with Crippen LogP contribution >= 0.6 is 0 Å². The Balaban J connectivity index is 1.62. The number of nitrogens with zero attached hydrogens (tertiary/aromatic N) is 1. The van der Waals surface area contributed by atoms with Gasteiger partial charge >= 0.3 is 0 Å². The first-order valence-corrected chi connectivity index (χ1v) is 7.66. The number of rotatable bonds is 2. The van der Waals surface area contributed by atoms with Gasteiger partial charge in [0.1, 0.15) is 0 Å². The number of fused-ring (bicyclic) bond motifs is 2. The number of hydrogen-bond acceptors (Lipinski definition) is 1. The van der Waals surface area contributed by atoms with Crippen molar-refractivity contribution in [1.82, 2.24) is 4.90 Å². The summed E-state index contributed by atoms with van der Waals surface area (Å²) in [6.45, 7) is 3.26. The van der Waals surface area contributed by atoms with Gasteiger partial charge in [-0.2, -0.15) is 0 Å². The van der Waals surface area contributed by atoms with E-state index < -0.39 is 0 Å². The quantitative estimate of drug-likeness (QED) is 0.669. The van der Waals surface area contributed by atoms with Gasteiger partial charge in [-0.15, -0.1) is 0 Å². The molecule has 1 heteroatoms. The zero-order valence-corrected chi connectivity index (χ0v) is 12.1. The second-order valence-electron chi connectivity index (χ2n) is 5.87. The Kier molecular flexibility index (Phi) is 3.21. The van der Waals surface area contributed by atoms with Crippen LogP contribution in [0.2, 0.25) is 0 Å². The van der Waals surface area contributed by atoms with E-state index in [9.17, 15) is 0 Å². The van der Waals surface area contributed by atoms with Gasteiger partial charge in [-0.05, 0) is 33.9 Å². The molecule has 3 aromatic rings. The molecule has 0 amide bonds. The van der Waals surface area contributed by atoms with Crippen molar-refractivity contribution < 1.29 is 0 Å². The Morgan fingerprint density at radius 1 is 0.762 bits per heavy atom. The molecule has 1 nitrogen and oxygen atoms in total. The molecule has 1 aliphatic rings. The molecule has 0 aliphatic carbocycles. The van der Waals surface area contributed by atoms with Crippen LogP contribution in [0.25, 0.3) is 10.8 Å². The summed E-state index contributed by atoms with van der Waals surface area (Å²) in [4.78, 5) is 2.56. The second kappa shape index (κ2) is 5.34. The zero-order chi connectivity index (χ0) is 14.1. The fourth-order valence-electron chi connectivity index (χ4n) is 3.36. The standard InChI is InChI=1S/C20H19N/c1-2-8-18-14-21(13-12-16(18)6-1)15-19-10-5-9-17-7-3-4-11-20(17)19/h1-11H,12-15H2. The Morgan fingerprint density at radius 3 is 2.48 bits per heavy atom. The molecule has 4 rings (SSSR count). The van der Waals surface area contributed by atoms with Crippen molar-refractivity contribution in [3.63, 3.8) is 0 Å². The molecule has 0 radical (unpaired) electrons. The van der Waals surface area contributed by atoms with Crippen molar-refractivity contribution in [2.24, 2.45) is 0 Å². The van der Waals surface area contributed by atoms with Crippen LogP contribution in [-0.2, 0) is 19.5 Å². The van der Waals surface area contributed by atoms with Crippen LogP contribution in [0, 0.1) is 0 Å². The van der Waals surface area contributed by atoms with E-state index in [1.807, 2.05) is 0 Å². The highest BCUT2D eigenvalue weighted by atomic mass is 15.1. The molecule has 21 heavy (non-hydrogen) atoms. The van der Waals surface area contributed by atoms with E-state index in [1.54, 1.807) is 0 Å². The van der Waals surface area contributed by atoms with Crippen LogP contribution in [0.4, 0.5) is 0 Å². The average molecular weight is 273 g/mol. The molecule has 0 aromatic heterocycles. The summed E-state index contributed by atoms with van der Waals surface area (Å²) in [6, 6.07) is 24.2. The van der Waals surface area contributed by atoms with Crippen molar-refractivity contribution in [3.8, 4) is 0 Å². The normalized spacial score (nSPS) is 15.0. The minimum absolute atomic E-state index is 1.04. The molecule has 0 fully saturated rings. The monoisotopic (exact) mass is 273 g/mol. The third-order valence-corrected chi connectivity index (χ3v) is 4.48. The summed E-state index contributed by atoms with van der Waals surface area (Å²) in [5.41, 5.74) is 4.45. The van der Waals surface area contributed by atoms with Gasteiger partial charge in [-0.25, -0.2) is 0 Å². The van der Waals surface area contributed by atoms with Gasteiger partial charge in [0.25, 0.3) is 0 Å². The van der Waals surface area contributed by atoms with Crippen molar-refractivity contribution in [2.75, 3.05) is 6.54 Å². The predicted molar refractivity (Wildman–Crippen MR) is 88.2 cm³/mol. The van der Waals surface area contributed by atoms with Crippen LogP contribution in [0.1, 0.15) is 16.7 Å². The highest BCUT2D eigenvalue weighted by molar-refractivity contribution is 5.85. The largest absolute Gasteiger partial charge is 0.294 e. The van der Waals surface area contributed by atoms with Gasteiger partial charge in [0.15, 0.2) is 0 Å². The maximum atomic E-state index is 2.56. The van der Waals surface area contributed by atoms with Crippen molar-refractivity contribution >= 4 is 10.8 Å². The van der Waals surface area contributed by atoms with Gasteiger partial charge in [0.2, 0.25) is 0 Å². The van der Waals surface area contributed by atoms with E-state index in [1.165, 1.54) is 33.9 Å². The number of benzene rings is 3. The molecular formula is C20H19N. The fraction of sp³-hybridized carbons (Fsp3) is 0.200. The van der Waals surface area contributed by atoms with E-state index in [2.05, 4.69) is 71.6 Å². The maximum absolute atomic E-state index is 2.56. The summed E-state index contributed by atoms with van der Waals surface area (Å²) >= 11 is 0. The molecule has 0 saturated heterocycles. The maximum Gasteiger partial charge on any atom is 0.0243 e. The Bertz CT molecular complexity index is 770. The summed E-state index contributed by atoms with van der Waals surface area (Å²) < 4.78 is 0. The van der Waals surface area contributed by atoms with E-state index >= 15 is 0 Å². The molecule has 0 saturated carbocycles. The Morgan fingerprint density at radius 2 is 1.52 bits per heavy atom. The average Bonchev–Trinajstić information content (AvgIpc) is 2.55. The third kappa shape index (κ3) is 2.45. The van der Waals surface area contributed by atoms with Gasteiger partial charge in [-0.1, -0.05) is 66.7 Å². The summed E-state index contributed by atoms with van der Waals surface area (Å²) in [5, 5.41) is 2.73. The lowest BCUT2D eigenvalue weighted by atomic mass is 9.98. The molecule has 0 atom stereocenters. The van der Waals surface area contributed by atoms with Crippen molar-refractivity contribution in [3.05, 3.63) is 83.4 Å². The Labute approximate surface area is 125 Å². The van der Waals surface area contributed by atoms with E-state index in [4.69, 9.17) is 0 Å². The Hall–Kier alpha value is -2.12. The zero-order valence-electron chi connectivity index (χ0n) is 12.1. The minimum atomic E-state index is 1.04.